The van der Waals surface area contributed by atoms with Gasteiger partial charge in [-0.2, -0.15) is 0 Å². The summed E-state index contributed by atoms with van der Waals surface area (Å²) in [5.74, 6) is 0.713. The van der Waals surface area contributed by atoms with Crippen molar-refractivity contribution in [1.29, 1.82) is 0 Å². The van der Waals surface area contributed by atoms with Crippen molar-refractivity contribution in [3.05, 3.63) is 70.6 Å². The Morgan fingerprint density at radius 1 is 1.00 bits per heavy atom. The van der Waals surface area contributed by atoms with E-state index < -0.39 is 0 Å². The number of hydrogen-bond donors (Lipinski definition) is 2. The third-order valence-electron chi connectivity index (χ3n) is 4.09. The number of aryl methyl sites for hydroxylation is 2. The number of hydrogen-bond acceptors (Lipinski definition) is 5. The Hall–Kier alpha value is -3.12. The minimum atomic E-state index is -0.359. The quantitative estimate of drug-likeness (QED) is 0.665. The molecule has 0 unspecified atom stereocenters. The van der Waals surface area contributed by atoms with Crippen LogP contribution in [0.3, 0.4) is 0 Å². The molecule has 0 aliphatic heterocycles. The molecule has 27 heavy (non-hydrogen) atoms. The molecule has 0 fully saturated rings. The van der Waals surface area contributed by atoms with Crippen molar-refractivity contribution >= 4 is 34.7 Å². The first-order valence-electron chi connectivity index (χ1n) is 8.27. The van der Waals surface area contributed by atoms with Crippen LogP contribution in [0.2, 0.25) is 5.02 Å². The van der Waals surface area contributed by atoms with Crippen LogP contribution in [0.25, 0.3) is 0 Å². The van der Waals surface area contributed by atoms with Crippen LogP contribution in [-0.4, -0.2) is 23.0 Å². The number of nitrogens with one attached hydrogen (secondary N) is 2. The topological polar surface area (TPSA) is 76.1 Å². The zero-order chi connectivity index (χ0) is 19.4. The van der Waals surface area contributed by atoms with Gasteiger partial charge in [0, 0.05) is 17.4 Å². The molecule has 0 aliphatic carbocycles. The Labute approximate surface area is 162 Å². The molecule has 0 bridgehead atoms. The fourth-order valence-electron chi connectivity index (χ4n) is 2.46. The highest BCUT2D eigenvalue weighted by atomic mass is 35.5. The predicted octanol–water partition coefficient (Wildman–Crippen LogP) is 4.75. The van der Waals surface area contributed by atoms with E-state index in [1.54, 1.807) is 24.3 Å². The van der Waals surface area contributed by atoms with E-state index in [0.29, 0.717) is 22.3 Å². The van der Waals surface area contributed by atoms with Crippen LogP contribution in [-0.2, 0) is 0 Å². The number of amides is 1. The summed E-state index contributed by atoms with van der Waals surface area (Å²) in [6, 6.07) is 12.6. The molecule has 2 aromatic carbocycles. The fourth-order valence-corrected chi connectivity index (χ4v) is 2.71. The second kappa shape index (κ2) is 8.05. The number of aromatic nitrogens is 2. The largest absolute Gasteiger partial charge is 0.495 e. The van der Waals surface area contributed by atoms with Gasteiger partial charge in [0.2, 0.25) is 0 Å². The van der Waals surface area contributed by atoms with E-state index in [2.05, 4.69) is 27.5 Å². The van der Waals surface area contributed by atoms with Crippen LogP contribution < -0.4 is 15.4 Å². The number of carbonyl (C=O) groups is 1. The minimum Gasteiger partial charge on any atom is -0.495 e. The molecule has 1 heterocycles. The molecule has 6 nitrogen and oxygen atoms in total. The maximum atomic E-state index is 12.5. The van der Waals surface area contributed by atoms with E-state index in [1.807, 2.05) is 25.1 Å². The SMILES string of the molecule is COc1ccc(NC(=O)c2cc(Nc3ccc(C)c(C)c3)ncn2)cc1Cl. The Morgan fingerprint density at radius 3 is 2.48 bits per heavy atom. The number of anilines is 3. The molecule has 0 spiro atoms. The molecule has 3 rings (SSSR count). The van der Waals surface area contributed by atoms with Crippen molar-refractivity contribution < 1.29 is 9.53 Å². The molecular weight excluding hydrogens is 364 g/mol. The van der Waals surface area contributed by atoms with Crippen LogP contribution in [0.4, 0.5) is 17.2 Å². The molecule has 0 saturated heterocycles. The summed E-state index contributed by atoms with van der Waals surface area (Å²) < 4.78 is 5.10. The van der Waals surface area contributed by atoms with Gasteiger partial charge in [0.05, 0.1) is 12.1 Å². The standard InChI is InChI=1S/C20H19ClN4O2/c1-12-4-5-14(8-13(12)2)24-19-10-17(22-11-23-19)20(26)25-15-6-7-18(27-3)16(21)9-15/h4-11H,1-3H3,(H,25,26)(H,22,23,24). The van der Waals surface area contributed by atoms with Crippen LogP contribution >= 0.6 is 11.6 Å². The lowest BCUT2D eigenvalue weighted by molar-refractivity contribution is 0.102. The highest BCUT2D eigenvalue weighted by Crippen LogP contribution is 2.27. The predicted molar refractivity (Wildman–Crippen MR) is 107 cm³/mol. The van der Waals surface area contributed by atoms with E-state index in [1.165, 1.54) is 24.6 Å². The number of carbonyl (C=O) groups excluding carboxylic acids is 1. The average molecular weight is 383 g/mol. The fraction of sp³-hybridized carbons (Fsp3) is 0.150. The van der Waals surface area contributed by atoms with Crippen molar-refractivity contribution in [2.75, 3.05) is 17.7 Å². The van der Waals surface area contributed by atoms with Crippen LogP contribution in [0.1, 0.15) is 21.6 Å². The van der Waals surface area contributed by atoms with E-state index in [9.17, 15) is 4.79 Å². The van der Waals surface area contributed by atoms with Gasteiger partial charge in [0.15, 0.2) is 0 Å². The number of nitrogens with zero attached hydrogens (tertiary/aromatic N) is 2. The lowest BCUT2D eigenvalue weighted by Crippen LogP contribution is -2.14. The van der Waals surface area contributed by atoms with Gasteiger partial charge in [-0.3, -0.25) is 4.79 Å². The third-order valence-corrected chi connectivity index (χ3v) is 4.38. The zero-order valence-electron chi connectivity index (χ0n) is 15.2. The van der Waals surface area contributed by atoms with Gasteiger partial charge in [0.1, 0.15) is 23.6 Å². The number of methoxy groups -OCH3 is 1. The summed E-state index contributed by atoms with van der Waals surface area (Å²) in [7, 11) is 1.53. The summed E-state index contributed by atoms with van der Waals surface area (Å²) in [4.78, 5) is 20.7. The van der Waals surface area contributed by atoms with Gasteiger partial charge < -0.3 is 15.4 Å². The summed E-state index contributed by atoms with van der Waals surface area (Å²) in [6.07, 6.45) is 1.35. The lowest BCUT2D eigenvalue weighted by atomic mass is 10.1. The van der Waals surface area contributed by atoms with Crippen LogP contribution in [0, 0.1) is 13.8 Å². The summed E-state index contributed by atoms with van der Waals surface area (Å²) in [6.45, 7) is 4.09. The normalized spacial score (nSPS) is 10.4. The van der Waals surface area contributed by atoms with Crippen molar-refractivity contribution in [2.24, 2.45) is 0 Å². The molecule has 0 aliphatic rings. The lowest BCUT2D eigenvalue weighted by Gasteiger charge is -2.10. The smallest absolute Gasteiger partial charge is 0.274 e. The van der Waals surface area contributed by atoms with Crippen molar-refractivity contribution in [1.82, 2.24) is 9.97 Å². The van der Waals surface area contributed by atoms with E-state index in [4.69, 9.17) is 16.3 Å². The van der Waals surface area contributed by atoms with Crippen LogP contribution in [0.5, 0.6) is 5.75 Å². The third kappa shape index (κ3) is 4.54. The molecule has 1 aromatic heterocycles. The first kappa shape index (κ1) is 18.7. The van der Waals surface area contributed by atoms with Gasteiger partial charge in [-0.15, -0.1) is 0 Å². The maximum absolute atomic E-state index is 12.5. The van der Waals surface area contributed by atoms with Crippen molar-refractivity contribution in [2.45, 2.75) is 13.8 Å². The molecule has 1 amide bonds. The maximum Gasteiger partial charge on any atom is 0.274 e. The molecule has 2 N–H and O–H groups in total. The second-order valence-corrected chi connectivity index (χ2v) is 6.42. The summed E-state index contributed by atoms with van der Waals surface area (Å²) in [5, 5.41) is 6.36. The number of ether oxygens (including phenoxy) is 1. The van der Waals surface area contributed by atoms with E-state index in [-0.39, 0.29) is 11.6 Å². The Bertz CT molecular complexity index is 991. The molecule has 0 radical (unpaired) electrons. The minimum absolute atomic E-state index is 0.239. The molecule has 0 atom stereocenters. The first-order chi connectivity index (χ1) is 13.0. The van der Waals surface area contributed by atoms with Gasteiger partial charge in [-0.1, -0.05) is 17.7 Å². The number of benzene rings is 2. The van der Waals surface area contributed by atoms with E-state index >= 15 is 0 Å². The number of rotatable bonds is 5. The molecule has 138 valence electrons. The Kier molecular flexibility index (Phi) is 5.57. The van der Waals surface area contributed by atoms with Gasteiger partial charge in [0.25, 0.3) is 5.91 Å². The van der Waals surface area contributed by atoms with Gasteiger partial charge >= 0.3 is 0 Å². The zero-order valence-corrected chi connectivity index (χ0v) is 16.0. The van der Waals surface area contributed by atoms with Crippen molar-refractivity contribution in [3.8, 4) is 5.75 Å². The highest BCUT2D eigenvalue weighted by Gasteiger charge is 2.11. The summed E-state index contributed by atoms with van der Waals surface area (Å²) in [5.41, 5.74) is 4.06. The second-order valence-electron chi connectivity index (χ2n) is 6.02. The Morgan fingerprint density at radius 2 is 1.78 bits per heavy atom. The number of halogens is 1. The summed E-state index contributed by atoms with van der Waals surface area (Å²) >= 11 is 6.09. The van der Waals surface area contributed by atoms with Crippen molar-refractivity contribution in [3.63, 3.8) is 0 Å². The molecule has 0 saturated carbocycles. The molecule has 7 heteroatoms. The first-order valence-corrected chi connectivity index (χ1v) is 8.65. The van der Waals surface area contributed by atoms with E-state index in [0.717, 1.165) is 5.69 Å². The van der Waals surface area contributed by atoms with Crippen LogP contribution in [0.15, 0.2) is 48.8 Å². The van der Waals surface area contributed by atoms with Gasteiger partial charge in [-0.25, -0.2) is 9.97 Å². The van der Waals surface area contributed by atoms with Gasteiger partial charge in [-0.05, 0) is 55.3 Å². The molecule has 3 aromatic rings. The average Bonchev–Trinajstić information content (AvgIpc) is 2.65. The monoisotopic (exact) mass is 382 g/mol. The highest BCUT2D eigenvalue weighted by molar-refractivity contribution is 6.32. The molecular formula is C20H19ClN4O2. The Balaban J connectivity index is 1.75.